The molecule has 1 aliphatic carbocycles. The van der Waals surface area contributed by atoms with E-state index in [1.807, 2.05) is 6.07 Å². The fraction of sp³-hybridized carbons (Fsp3) is 0.455. The zero-order chi connectivity index (χ0) is 10.2. The number of hydrogen-bond donors (Lipinski definition) is 0. The van der Waals surface area contributed by atoms with E-state index < -0.39 is 12.6 Å². The van der Waals surface area contributed by atoms with Gasteiger partial charge in [0.1, 0.15) is 0 Å². The van der Waals surface area contributed by atoms with E-state index >= 15 is 0 Å². The second-order valence-electron chi connectivity index (χ2n) is 3.75. The monoisotopic (exact) mass is 200 g/mol. The first-order valence-corrected chi connectivity index (χ1v) is 4.72. The van der Waals surface area contributed by atoms with Crippen molar-refractivity contribution in [3.8, 4) is 0 Å². The summed E-state index contributed by atoms with van der Waals surface area (Å²) in [6.45, 7) is 0. The average Bonchev–Trinajstić information content (AvgIpc) is 2.47. The molecular weight excluding hydrogens is 189 g/mol. The fourth-order valence-corrected chi connectivity index (χ4v) is 1.97. The summed E-state index contributed by atoms with van der Waals surface area (Å²) >= 11 is 0. The van der Waals surface area contributed by atoms with Crippen molar-refractivity contribution in [3.63, 3.8) is 0 Å². The number of fused-ring (bicyclic) bond motifs is 1. The number of halogens is 3. The molecule has 0 aromatic heterocycles. The Labute approximate surface area is 80.7 Å². The van der Waals surface area contributed by atoms with E-state index in [1.54, 1.807) is 12.1 Å². The van der Waals surface area contributed by atoms with Crippen LogP contribution in [0.5, 0.6) is 0 Å². The molecule has 0 saturated heterocycles. The normalized spacial score (nSPS) is 15.6. The summed E-state index contributed by atoms with van der Waals surface area (Å²) in [7, 11) is 0. The first kappa shape index (κ1) is 9.56. The van der Waals surface area contributed by atoms with E-state index in [2.05, 4.69) is 0 Å². The van der Waals surface area contributed by atoms with Crippen LogP contribution in [0.1, 0.15) is 23.1 Å². The molecule has 0 radical (unpaired) electrons. The number of rotatable bonds is 1. The van der Waals surface area contributed by atoms with E-state index in [1.165, 1.54) is 5.56 Å². The molecule has 0 saturated carbocycles. The summed E-state index contributed by atoms with van der Waals surface area (Å²) < 4.78 is 36.3. The lowest BCUT2D eigenvalue weighted by atomic mass is 10.0. The van der Waals surface area contributed by atoms with Crippen molar-refractivity contribution in [2.45, 2.75) is 31.9 Å². The van der Waals surface area contributed by atoms with Gasteiger partial charge in [0.2, 0.25) is 0 Å². The van der Waals surface area contributed by atoms with Gasteiger partial charge >= 0.3 is 6.18 Å². The van der Waals surface area contributed by atoms with Crippen LogP contribution in [0, 0.1) is 0 Å². The molecule has 0 amide bonds. The van der Waals surface area contributed by atoms with E-state index in [0.29, 0.717) is 5.56 Å². The van der Waals surface area contributed by atoms with Crippen molar-refractivity contribution in [3.05, 3.63) is 34.9 Å². The maximum atomic E-state index is 12.1. The van der Waals surface area contributed by atoms with Crippen LogP contribution in [0.4, 0.5) is 13.2 Å². The van der Waals surface area contributed by atoms with Gasteiger partial charge in [-0.25, -0.2) is 0 Å². The predicted molar refractivity (Wildman–Crippen MR) is 48.2 cm³/mol. The maximum absolute atomic E-state index is 12.1. The first-order valence-electron chi connectivity index (χ1n) is 4.72. The van der Waals surface area contributed by atoms with Crippen molar-refractivity contribution in [2.75, 3.05) is 0 Å². The SMILES string of the molecule is FC(F)(F)Cc1ccc2c(c1)CCC2. The molecule has 0 fully saturated rings. The first-order chi connectivity index (χ1) is 6.54. The molecule has 1 aromatic carbocycles. The lowest BCUT2D eigenvalue weighted by Crippen LogP contribution is -2.11. The van der Waals surface area contributed by atoms with Gasteiger partial charge in [-0.3, -0.25) is 0 Å². The molecule has 0 heterocycles. The minimum absolute atomic E-state index is 0.387. The van der Waals surface area contributed by atoms with Gasteiger partial charge in [-0.15, -0.1) is 0 Å². The van der Waals surface area contributed by atoms with Crippen LogP contribution >= 0.6 is 0 Å². The second kappa shape index (κ2) is 3.30. The van der Waals surface area contributed by atoms with E-state index in [4.69, 9.17) is 0 Å². The highest BCUT2D eigenvalue weighted by Gasteiger charge is 2.28. The molecule has 0 unspecified atom stereocenters. The van der Waals surface area contributed by atoms with Crippen molar-refractivity contribution < 1.29 is 13.2 Å². The van der Waals surface area contributed by atoms with Gasteiger partial charge in [-0.05, 0) is 36.0 Å². The Morgan fingerprint density at radius 1 is 1.07 bits per heavy atom. The Morgan fingerprint density at radius 2 is 1.79 bits per heavy atom. The number of benzene rings is 1. The number of alkyl halides is 3. The van der Waals surface area contributed by atoms with Crippen LogP contribution in [0.15, 0.2) is 18.2 Å². The summed E-state index contributed by atoms with van der Waals surface area (Å²) in [6.07, 6.45) is -1.87. The third-order valence-electron chi connectivity index (χ3n) is 2.57. The van der Waals surface area contributed by atoms with Crippen LogP contribution in [0.3, 0.4) is 0 Å². The third kappa shape index (κ3) is 2.08. The van der Waals surface area contributed by atoms with Crippen LogP contribution < -0.4 is 0 Å². The molecule has 0 atom stereocenters. The van der Waals surface area contributed by atoms with E-state index in [0.717, 1.165) is 24.8 Å². The number of hydrogen-bond acceptors (Lipinski definition) is 0. The van der Waals surface area contributed by atoms with Crippen molar-refractivity contribution in [2.24, 2.45) is 0 Å². The van der Waals surface area contributed by atoms with Crippen LogP contribution in [0.25, 0.3) is 0 Å². The highest BCUT2D eigenvalue weighted by molar-refractivity contribution is 5.35. The quantitative estimate of drug-likeness (QED) is 0.652. The van der Waals surface area contributed by atoms with Crippen molar-refractivity contribution >= 4 is 0 Å². The lowest BCUT2D eigenvalue weighted by Gasteiger charge is -2.07. The minimum Gasteiger partial charge on any atom is -0.171 e. The molecule has 0 N–H and O–H groups in total. The third-order valence-corrected chi connectivity index (χ3v) is 2.57. The topological polar surface area (TPSA) is 0 Å². The van der Waals surface area contributed by atoms with Crippen molar-refractivity contribution in [1.82, 2.24) is 0 Å². The summed E-state index contributed by atoms with van der Waals surface area (Å²) in [5.74, 6) is 0. The van der Waals surface area contributed by atoms with Crippen LogP contribution in [-0.2, 0) is 19.3 Å². The van der Waals surface area contributed by atoms with E-state index in [-0.39, 0.29) is 0 Å². The Morgan fingerprint density at radius 3 is 2.50 bits per heavy atom. The Balaban J connectivity index is 2.21. The minimum atomic E-state index is -4.09. The van der Waals surface area contributed by atoms with Crippen LogP contribution in [-0.4, -0.2) is 6.18 Å². The Kier molecular flexibility index (Phi) is 2.25. The Bertz CT molecular complexity index is 339. The zero-order valence-corrected chi connectivity index (χ0v) is 7.69. The lowest BCUT2D eigenvalue weighted by molar-refractivity contribution is -0.127. The molecule has 0 bridgehead atoms. The standard InChI is InChI=1S/C11H11F3/c12-11(13,14)7-8-4-5-9-2-1-3-10(9)6-8/h4-6H,1-3,7H2. The van der Waals surface area contributed by atoms with Gasteiger partial charge < -0.3 is 0 Å². The number of aryl methyl sites for hydroxylation is 2. The van der Waals surface area contributed by atoms with Gasteiger partial charge in [-0.2, -0.15) is 13.2 Å². The molecule has 0 spiro atoms. The fourth-order valence-electron chi connectivity index (χ4n) is 1.97. The molecule has 0 nitrogen and oxygen atoms in total. The zero-order valence-electron chi connectivity index (χ0n) is 7.69. The van der Waals surface area contributed by atoms with Crippen molar-refractivity contribution in [1.29, 1.82) is 0 Å². The van der Waals surface area contributed by atoms with Gasteiger partial charge in [0.15, 0.2) is 0 Å². The molecule has 1 aromatic rings. The smallest absolute Gasteiger partial charge is 0.171 e. The molecule has 14 heavy (non-hydrogen) atoms. The summed E-state index contributed by atoms with van der Waals surface area (Å²) in [5.41, 5.74) is 2.71. The van der Waals surface area contributed by atoms with Crippen LogP contribution in [0.2, 0.25) is 0 Å². The molecule has 76 valence electrons. The second-order valence-corrected chi connectivity index (χ2v) is 3.75. The van der Waals surface area contributed by atoms with E-state index in [9.17, 15) is 13.2 Å². The molecule has 1 aliphatic rings. The summed E-state index contributed by atoms with van der Waals surface area (Å²) in [5, 5.41) is 0. The highest BCUT2D eigenvalue weighted by atomic mass is 19.4. The molecule has 0 aliphatic heterocycles. The predicted octanol–water partition coefficient (Wildman–Crippen LogP) is 3.28. The van der Waals surface area contributed by atoms with Gasteiger partial charge in [-0.1, -0.05) is 18.2 Å². The summed E-state index contributed by atoms with van der Waals surface area (Å²) in [4.78, 5) is 0. The van der Waals surface area contributed by atoms with Gasteiger partial charge in [0.25, 0.3) is 0 Å². The van der Waals surface area contributed by atoms with Gasteiger partial charge in [0, 0.05) is 0 Å². The molecule has 3 heteroatoms. The highest BCUT2D eigenvalue weighted by Crippen LogP contribution is 2.26. The molecule has 2 rings (SSSR count). The Hall–Kier alpha value is -0.990. The largest absolute Gasteiger partial charge is 0.393 e. The average molecular weight is 200 g/mol. The summed E-state index contributed by atoms with van der Waals surface area (Å²) in [6, 6.07) is 5.14. The molecular formula is C11H11F3. The maximum Gasteiger partial charge on any atom is 0.393 e. The van der Waals surface area contributed by atoms with Gasteiger partial charge in [0.05, 0.1) is 6.42 Å².